The fourth-order valence-electron chi connectivity index (χ4n) is 3.31. The third-order valence-electron chi connectivity index (χ3n) is 4.93. The number of carbonyl (C=O) groups is 1. The van der Waals surface area contributed by atoms with Gasteiger partial charge in [0.05, 0.1) is 12.9 Å². The molecule has 0 bridgehead atoms. The third kappa shape index (κ3) is 5.46. The van der Waals surface area contributed by atoms with E-state index in [4.69, 9.17) is 4.74 Å². The summed E-state index contributed by atoms with van der Waals surface area (Å²) in [5, 5.41) is 0. The SMILES string of the molecule is COc1ccc(C)cc1C=CC(=O)N1CCN(S(=O)(=O)Cc2ccccc2)CC1. The van der Waals surface area contributed by atoms with Crippen molar-refractivity contribution in [3.05, 3.63) is 71.3 Å². The van der Waals surface area contributed by atoms with Crippen molar-refractivity contribution in [3.8, 4) is 5.75 Å². The highest BCUT2D eigenvalue weighted by Crippen LogP contribution is 2.21. The van der Waals surface area contributed by atoms with Crippen LogP contribution >= 0.6 is 0 Å². The second kappa shape index (κ2) is 9.24. The number of benzene rings is 2. The highest BCUT2D eigenvalue weighted by atomic mass is 32.2. The molecule has 154 valence electrons. The average molecular weight is 415 g/mol. The lowest BCUT2D eigenvalue weighted by Gasteiger charge is -2.33. The zero-order valence-electron chi connectivity index (χ0n) is 16.7. The van der Waals surface area contributed by atoms with Crippen molar-refractivity contribution in [1.29, 1.82) is 0 Å². The van der Waals surface area contributed by atoms with E-state index in [9.17, 15) is 13.2 Å². The Balaban J connectivity index is 1.59. The van der Waals surface area contributed by atoms with Gasteiger partial charge in [-0.15, -0.1) is 0 Å². The highest BCUT2D eigenvalue weighted by molar-refractivity contribution is 7.88. The van der Waals surface area contributed by atoms with E-state index in [-0.39, 0.29) is 11.7 Å². The number of hydrogen-bond donors (Lipinski definition) is 0. The van der Waals surface area contributed by atoms with Gasteiger partial charge in [-0.05, 0) is 30.7 Å². The minimum atomic E-state index is -3.39. The molecule has 1 aliphatic rings. The molecule has 2 aromatic carbocycles. The second-order valence-electron chi connectivity index (χ2n) is 7.04. The standard InChI is InChI=1S/C22H26N2O4S/c1-18-8-10-21(28-2)20(16-18)9-11-22(25)23-12-14-24(15-13-23)29(26,27)17-19-6-4-3-5-7-19/h3-11,16H,12-15,17H2,1-2H3. The van der Waals surface area contributed by atoms with Crippen molar-refractivity contribution in [1.82, 2.24) is 9.21 Å². The fraction of sp³-hybridized carbons (Fsp3) is 0.318. The van der Waals surface area contributed by atoms with Crippen molar-refractivity contribution in [2.45, 2.75) is 12.7 Å². The van der Waals surface area contributed by atoms with Crippen LogP contribution in [0.4, 0.5) is 0 Å². The van der Waals surface area contributed by atoms with Crippen molar-refractivity contribution in [3.63, 3.8) is 0 Å². The maximum atomic E-state index is 12.6. The van der Waals surface area contributed by atoms with Gasteiger partial charge in [0.1, 0.15) is 5.75 Å². The van der Waals surface area contributed by atoms with Crippen LogP contribution in [0.3, 0.4) is 0 Å². The maximum Gasteiger partial charge on any atom is 0.246 e. The van der Waals surface area contributed by atoms with E-state index >= 15 is 0 Å². The summed E-state index contributed by atoms with van der Waals surface area (Å²) < 4.78 is 32.1. The molecule has 3 rings (SSSR count). The summed E-state index contributed by atoms with van der Waals surface area (Å²) in [5.41, 5.74) is 2.68. The first-order valence-corrected chi connectivity index (χ1v) is 11.1. The molecule has 7 heteroatoms. The maximum absolute atomic E-state index is 12.6. The predicted molar refractivity (Wildman–Crippen MR) is 114 cm³/mol. The van der Waals surface area contributed by atoms with E-state index in [0.29, 0.717) is 31.9 Å². The molecule has 1 aliphatic heterocycles. The molecule has 6 nitrogen and oxygen atoms in total. The molecular formula is C22H26N2O4S. The second-order valence-corrected chi connectivity index (χ2v) is 9.01. The van der Waals surface area contributed by atoms with Crippen LogP contribution in [0.25, 0.3) is 6.08 Å². The number of ether oxygens (including phenoxy) is 1. The van der Waals surface area contributed by atoms with E-state index in [0.717, 1.165) is 16.7 Å². The van der Waals surface area contributed by atoms with Gasteiger partial charge in [-0.1, -0.05) is 42.0 Å². The van der Waals surface area contributed by atoms with Crippen LogP contribution in [0.5, 0.6) is 5.75 Å². The van der Waals surface area contributed by atoms with Gasteiger partial charge in [-0.2, -0.15) is 4.31 Å². The quantitative estimate of drug-likeness (QED) is 0.682. The van der Waals surface area contributed by atoms with Crippen molar-refractivity contribution < 1.29 is 17.9 Å². The Morgan fingerprint density at radius 3 is 2.41 bits per heavy atom. The monoisotopic (exact) mass is 414 g/mol. The molecule has 1 heterocycles. The normalized spacial score (nSPS) is 15.6. The number of sulfonamides is 1. The lowest BCUT2D eigenvalue weighted by Crippen LogP contribution is -2.50. The minimum Gasteiger partial charge on any atom is -0.496 e. The Morgan fingerprint density at radius 1 is 1.07 bits per heavy atom. The molecule has 1 saturated heterocycles. The van der Waals surface area contributed by atoms with Crippen LogP contribution in [-0.4, -0.2) is 56.8 Å². The molecule has 1 amide bonds. The molecule has 0 aromatic heterocycles. The summed E-state index contributed by atoms with van der Waals surface area (Å²) in [4.78, 5) is 14.2. The largest absolute Gasteiger partial charge is 0.496 e. The van der Waals surface area contributed by atoms with Gasteiger partial charge in [0.15, 0.2) is 0 Å². The predicted octanol–water partition coefficient (Wildman–Crippen LogP) is 2.69. The van der Waals surface area contributed by atoms with Crippen LogP contribution in [0.15, 0.2) is 54.6 Å². The molecule has 0 atom stereocenters. The van der Waals surface area contributed by atoms with Gasteiger partial charge in [-0.3, -0.25) is 4.79 Å². The number of aryl methyl sites for hydroxylation is 1. The van der Waals surface area contributed by atoms with Gasteiger partial charge in [0.2, 0.25) is 15.9 Å². The van der Waals surface area contributed by atoms with Gasteiger partial charge in [0, 0.05) is 37.8 Å². The number of carbonyl (C=O) groups excluding carboxylic acids is 1. The van der Waals surface area contributed by atoms with Crippen LogP contribution in [0.1, 0.15) is 16.7 Å². The summed E-state index contributed by atoms with van der Waals surface area (Å²) in [6, 6.07) is 14.9. The molecule has 29 heavy (non-hydrogen) atoms. The van der Waals surface area contributed by atoms with E-state index in [1.807, 2.05) is 55.5 Å². The molecular weight excluding hydrogens is 388 g/mol. The summed E-state index contributed by atoms with van der Waals surface area (Å²) in [7, 11) is -1.80. The molecule has 0 aliphatic carbocycles. The topological polar surface area (TPSA) is 66.9 Å². The minimum absolute atomic E-state index is 0.0190. The Morgan fingerprint density at radius 2 is 1.76 bits per heavy atom. The van der Waals surface area contributed by atoms with Crippen LogP contribution in [-0.2, 0) is 20.6 Å². The third-order valence-corrected chi connectivity index (χ3v) is 6.78. The van der Waals surface area contributed by atoms with Crippen LogP contribution in [0, 0.1) is 6.92 Å². The van der Waals surface area contributed by atoms with Gasteiger partial charge in [0.25, 0.3) is 0 Å². The molecule has 1 fully saturated rings. The smallest absolute Gasteiger partial charge is 0.246 e. The number of hydrogen-bond acceptors (Lipinski definition) is 4. The summed E-state index contributed by atoms with van der Waals surface area (Å²) in [5.74, 6) is 0.555. The molecule has 0 spiro atoms. The Bertz CT molecular complexity index is 979. The van der Waals surface area contributed by atoms with E-state index in [2.05, 4.69) is 0 Å². The molecule has 0 unspecified atom stereocenters. The van der Waals surface area contributed by atoms with Crippen LogP contribution < -0.4 is 4.74 Å². The summed E-state index contributed by atoms with van der Waals surface area (Å²) in [6.45, 7) is 3.35. The molecule has 0 saturated carbocycles. The summed E-state index contributed by atoms with van der Waals surface area (Å²) in [6.07, 6.45) is 3.26. The average Bonchev–Trinajstić information content (AvgIpc) is 2.72. The van der Waals surface area contributed by atoms with Crippen molar-refractivity contribution >= 4 is 22.0 Å². The first kappa shape index (κ1) is 21.1. The van der Waals surface area contributed by atoms with Gasteiger partial charge < -0.3 is 9.64 Å². The molecule has 0 radical (unpaired) electrons. The van der Waals surface area contributed by atoms with Gasteiger partial charge in [-0.25, -0.2) is 8.42 Å². The van der Waals surface area contributed by atoms with E-state index < -0.39 is 10.0 Å². The molecule has 2 aromatic rings. The number of amides is 1. The summed E-state index contributed by atoms with van der Waals surface area (Å²) >= 11 is 0. The lowest BCUT2D eigenvalue weighted by molar-refractivity contribution is -0.127. The number of piperazine rings is 1. The van der Waals surface area contributed by atoms with E-state index in [1.54, 1.807) is 18.1 Å². The number of nitrogens with zero attached hydrogens (tertiary/aromatic N) is 2. The first-order valence-electron chi connectivity index (χ1n) is 9.52. The van der Waals surface area contributed by atoms with E-state index in [1.165, 1.54) is 10.4 Å². The number of rotatable bonds is 6. The first-order chi connectivity index (χ1) is 13.9. The van der Waals surface area contributed by atoms with Gasteiger partial charge >= 0.3 is 0 Å². The van der Waals surface area contributed by atoms with Crippen LogP contribution in [0.2, 0.25) is 0 Å². The highest BCUT2D eigenvalue weighted by Gasteiger charge is 2.28. The Labute approximate surface area is 172 Å². The lowest BCUT2D eigenvalue weighted by atomic mass is 10.1. The van der Waals surface area contributed by atoms with Crippen molar-refractivity contribution in [2.75, 3.05) is 33.3 Å². The number of methoxy groups -OCH3 is 1. The fourth-order valence-corrected chi connectivity index (χ4v) is 4.83. The zero-order chi connectivity index (χ0) is 20.9. The Kier molecular flexibility index (Phi) is 6.71. The van der Waals surface area contributed by atoms with Crippen molar-refractivity contribution in [2.24, 2.45) is 0 Å². The molecule has 0 N–H and O–H groups in total. The zero-order valence-corrected chi connectivity index (χ0v) is 17.6. The Hall–Kier alpha value is -2.64.